The van der Waals surface area contributed by atoms with Gasteiger partial charge in [-0.05, 0) is 24.6 Å². The first kappa shape index (κ1) is 13.6. The number of amides is 1. The van der Waals surface area contributed by atoms with Crippen molar-refractivity contribution in [1.29, 1.82) is 0 Å². The van der Waals surface area contributed by atoms with Crippen LogP contribution in [-0.2, 0) is 0 Å². The van der Waals surface area contributed by atoms with Gasteiger partial charge in [-0.3, -0.25) is 4.79 Å². The van der Waals surface area contributed by atoms with Crippen LogP contribution in [0.15, 0.2) is 29.2 Å². The highest BCUT2D eigenvalue weighted by Gasteiger charge is 2.10. The number of hydrogen-bond acceptors (Lipinski definition) is 3. The molecule has 1 aromatic heterocycles. The Morgan fingerprint density at radius 2 is 2.25 bits per heavy atom. The zero-order valence-electron chi connectivity index (χ0n) is 10.8. The van der Waals surface area contributed by atoms with E-state index in [2.05, 4.69) is 27.1 Å². The van der Waals surface area contributed by atoms with Crippen LogP contribution in [-0.4, -0.2) is 27.6 Å². The minimum absolute atomic E-state index is 0.137. The standard InChI is InChI=1S/C14H13N3O3/c1-9-4-5-10(3-2-6-18)11(7-9)16-13(19)12-8-15-14(20)17-12/h4-5,7-8,18H,6H2,1H3,(H,16,19)(H2,15,17,20). The lowest BCUT2D eigenvalue weighted by Crippen LogP contribution is -2.15. The van der Waals surface area contributed by atoms with Gasteiger partial charge in [0.05, 0.1) is 5.69 Å². The fraction of sp³-hybridized carbons (Fsp3) is 0.143. The topological polar surface area (TPSA) is 98.0 Å². The number of benzene rings is 1. The van der Waals surface area contributed by atoms with Crippen LogP contribution in [0.1, 0.15) is 21.6 Å². The Hall–Kier alpha value is -2.78. The molecule has 6 heteroatoms. The number of anilines is 1. The van der Waals surface area contributed by atoms with Gasteiger partial charge in [-0.2, -0.15) is 0 Å². The highest BCUT2D eigenvalue weighted by atomic mass is 16.2. The molecule has 102 valence electrons. The number of rotatable bonds is 2. The van der Waals surface area contributed by atoms with E-state index in [-0.39, 0.29) is 12.3 Å². The molecule has 1 aromatic carbocycles. The van der Waals surface area contributed by atoms with Crippen LogP contribution in [0.25, 0.3) is 0 Å². The van der Waals surface area contributed by atoms with Crippen molar-refractivity contribution in [1.82, 2.24) is 9.97 Å². The maximum Gasteiger partial charge on any atom is 0.323 e. The molecule has 1 heterocycles. The number of aryl methyl sites for hydroxylation is 1. The van der Waals surface area contributed by atoms with Gasteiger partial charge in [0.15, 0.2) is 0 Å². The maximum atomic E-state index is 12.0. The molecule has 0 atom stereocenters. The second kappa shape index (κ2) is 5.91. The van der Waals surface area contributed by atoms with E-state index in [0.717, 1.165) is 5.56 Å². The molecule has 6 nitrogen and oxygen atoms in total. The normalized spacial score (nSPS) is 9.70. The predicted octanol–water partition coefficient (Wildman–Crippen LogP) is 0.608. The lowest BCUT2D eigenvalue weighted by atomic mass is 10.1. The molecular formula is C14H13N3O3. The summed E-state index contributed by atoms with van der Waals surface area (Å²) in [6, 6.07) is 5.38. The zero-order chi connectivity index (χ0) is 14.5. The summed E-state index contributed by atoms with van der Waals surface area (Å²) < 4.78 is 0. The van der Waals surface area contributed by atoms with E-state index < -0.39 is 11.6 Å². The van der Waals surface area contributed by atoms with Crippen molar-refractivity contribution in [2.75, 3.05) is 11.9 Å². The summed E-state index contributed by atoms with van der Waals surface area (Å²) in [5, 5.41) is 11.4. The largest absolute Gasteiger partial charge is 0.384 e. The second-order valence-corrected chi connectivity index (χ2v) is 4.12. The molecule has 0 spiro atoms. The molecule has 1 amide bonds. The Morgan fingerprint density at radius 3 is 2.90 bits per heavy atom. The number of aliphatic hydroxyl groups is 1. The van der Waals surface area contributed by atoms with Crippen LogP contribution in [0, 0.1) is 18.8 Å². The number of aliphatic hydroxyl groups excluding tert-OH is 1. The van der Waals surface area contributed by atoms with Crippen LogP contribution < -0.4 is 11.0 Å². The van der Waals surface area contributed by atoms with Gasteiger partial charge in [-0.1, -0.05) is 17.9 Å². The zero-order valence-corrected chi connectivity index (χ0v) is 10.8. The van der Waals surface area contributed by atoms with Gasteiger partial charge in [-0.15, -0.1) is 0 Å². The Kier molecular flexibility index (Phi) is 4.03. The summed E-state index contributed by atoms with van der Waals surface area (Å²) >= 11 is 0. The van der Waals surface area contributed by atoms with Crippen LogP contribution >= 0.6 is 0 Å². The number of carbonyl (C=O) groups excluding carboxylic acids is 1. The number of H-pyrrole nitrogens is 2. The molecule has 0 radical (unpaired) electrons. The molecule has 0 aliphatic heterocycles. The van der Waals surface area contributed by atoms with E-state index in [1.54, 1.807) is 12.1 Å². The van der Waals surface area contributed by atoms with Gasteiger partial charge in [0.1, 0.15) is 12.3 Å². The Balaban J connectivity index is 2.30. The van der Waals surface area contributed by atoms with Gasteiger partial charge in [0.2, 0.25) is 0 Å². The highest BCUT2D eigenvalue weighted by molar-refractivity contribution is 6.03. The molecule has 2 aromatic rings. The molecule has 0 unspecified atom stereocenters. The van der Waals surface area contributed by atoms with E-state index in [9.17, 15) is 9.59 Å². The number of hydrogen-bond donors (Lipinski definition) is 4. The first-order valence-electron chi connectivity index (χ1n) is 5.89. The van der Waals surface area contributed by atoms with Crippen LogP contribution in [0.5, 0.6) is 0 Å². The van der Waals surface area contributed by atoms with Crippen molar-refractivity contribution in [3.8, 4) is 11.8 Å². The lowest BCUT2D eigenvalue weighted by Gasteiger charge is -2.07. The monoisotopic (exact) mass is 271 g/mol. The molecule has 0 aliphatic rings. The number of aromatic amines is 2. The third-order valence-electron chi connectivity index (χ3n) is 2.57. The maximum absolute atomic E-state index is 12.0. The predicted molar refractivity (Wildman–Crippen MR) is 74.5 cm³/mol. The van der Waals surface area contributed by atoms with Gasteiger partial charge < -0.3 is 20.4 Å². The smallest absolute Gasteiger partial charge is 0.323 e. The van der Waals surface area contributed by atoms with Gasteiger partial charge in [-0.25, -0.2) is 4.79 Å². The molecule has 0 saturated heterocycles. The van der Waals surface area contributed by atoms with Gasteiger partial charge in [0, 0.05) is 11.8 Å². The van der Waals surface area contributed by atoms with E-state index in [1.807, 2.05) is 13.0 Å². The van der Waals surface area contributed by atoms with Crippen molar-refractivity contribution in [3.63, 3.8) is 0 Å². The molecular weight excluding hydrogens is 258 g/mol. The Labute approximate surface area is 114 Å². The second-order valence-electron chi connectivity index (χ2n) is 4.12. The summed E-state index contributed by atoms with van der Waals surface area (Å²) in [7, 11) is 0. The van der Waals surface area contributed by atoms with Crippen LogP contribution in [0.3, 0.4) is 0 Å². The quantitative estimate of drug-likeness (QED) is 0.602. The summed E-state index contributed by atoms with van der Waals surface area (Å²) in [4.78, 5) is 27.7. The Bertz CT molecular complexity index is 747. The van der Waals surface area contributed by atoms with Crippen molar-refractivity contribution >= 4 is 11.6 Å². The fourth-order valence-electron chi connectivity index (χ4n) is 1.65. The minimum atomic E-state index is -0.445. The van der Waals surface area contributed by atoms with Crippen molar-refractivity contribution in [2.24, 2.45) is 0 Å². The third kappa shape index (κ3) is 3.16. The number of nitrogens with one attached hydrogen (secondary N) is 3. The van der Waals surface area contributed by atoms with E-state index in [0.29, 0.717) is 11.3 Å². The summed E-state index contributed by atoms with van der Waals surface area (Å²) in [5.74, 6) is 4.85. The molecule has 0 fully saturated rings. The van der Waals surface area contributed by atoms with Crippen molar-refractivity contribution < 1.29 is 9.90 Å². The van der Waals surface area contributed by atoms with Crippen LogP contribution in [0.4, 0.5) is 5.69 Å². The summed E-state index contributed by atoms with van der Waals surface area (Å²) in [5.41, 5.74) is 1.77. The SMILES string of the molecule is Cc1ccc(C#CCO)c(NC(=O)c2c[nH]c(=O)[nH]2)c1. The van der Waals surface area contributed by atoms with E-state index in [1.165, 1.54) is 6.20 Å². The molecule has 0 aliphatic carbocycles. The lowest BCUT2D eigenvalue weighted by molar-refractivity contribution is 0.102. The summed E-state index contributed by atoms with van der Waals surface area (Å²) in [6.45, 7) is 1.63. The van der Waals surface area contributed by atoms with Gasteiger partial charge >= 0.3 is 5.69 Å². The van der Waals surface area contributed by atoms with E-state index in [4.69, 9.17) is 5.11 Å². The first-order valence-corrected chi connectivity index (χ1v) is 5.89. The third-order valence-corrected chi connectivity index (χ3v) is 2.57. The average molecular weight is 271 g/mol. The highest BCUT2D eigenvalue weighted by Crippen LogP contribution is 2.17. The van der Waals surface area contributed by atoms with E-state index >= 15 is 0 Å². The molecule has 0 saturated carbocycles. The fourth-order valence-corrected chi connectivity index (χ4v) is 1.65. The minimum Gasteiger partial charge on any atom is -0.384 e. The molecule has 2 rings (SSSR count). The first-order chi connectivity index (χ1) is 9.60. The molecule has 4 N–H and O–H groups in total. The number of carbonyl (C=O) groups is 1. The molecule has 0 bridgehead atoms. The average Bonchev–Trinajstić information content (AvgIpc) is 2.85. The summed E-state index contributed by atoms with van der Waals surface area (Å²) in [6.07, 6.45) is 1.30. The van der Waals surface area contributed by atoms with Crippen molar-refractivity contribution in [2.45, 2.75) is 6.92 Å². The van der Waals surface area contributed by atoms with Crippen molar-refractivity contribution in [3.05, 3.63) is 51.7 Å². The Morgan fingerprint density at radius 1 is 1.45 bits per heavy atom. The van der Waals surface area contributed by atoms with Gasteiger partial charge in [0.25, 0.3) is 5.91 Å². The molecule has 20 heavy (non-hydrogen) atoms. The van der Waals surface area contributed by atoms with Crippen LogP contribution in [0.2, 0.25) is 0 Å². The number of imidazole rings is 1. The number of aromatic nitrogens is 2.